The zero-order valence-corrected chi connectivity index (χ0v) is 14.2. The predicted molar refractivity (Wildman–Crippen MR) is 103 cm³/mol. The molecule has 3 nitrogen and oxygen atoms in total. The van der Waals surface area contributed by atoms with E-state index in [2.05, 4.69) is 54.1 Å². The lowest BCUT2D eigenvalue weighted by molar-refractivity contribution is 0.475. The van der Waals surface area contributed by atoms with Crippen molar-refractivity contribution in [2.75, 3.05) is 0 Å². The molecule has 124 valence electrons. The Kier molecular flexibility index (Phi) is 3.98. The number of phenols is 1. The normalized spacial score (nSPS) is 11.1. The van der Waals surface area contributed by atoms with Crippen LogP contribution < -0.4 is 0 Å². The number of benzene rings is 3. The zero-order valence-electron chi connectivity index (χ0n) is 14.2. The van der Waals surface area contributed by atoms with E-state index in [-0.39, 0.29) is 5.75 Å². The Hall–Kier alpha value is -3.07. The van der Waals surface area contributed by atoms with Crippen LogP contribution in [0.25, 0.3) is 33.3 Å². The number of para-hydroxylation sites is 1. The van der Waals surface area contributed by atoms with Gasteiger partial charge in [-0.05, 0) is 36.2 Å². The number of hydrogen-bond donors (Lipinski definition) is 1. The molecular weight excluding hydrogens is 308 g/mol. The van der Waals surface area contributed by atoms with Gasteiger partial charge in [-0.1, -0.05) is 55.5 Å². The van der Waals surface area contributed by atoms with E-state index in [0.717, 1.165) is 29.6 Å². The van der Waals surface area contributed by atoms with Gasteiger partial charge in [-0.2, -0.15) is 5.10 Å². The topological polar surface area (TPSA) is 38.0 Å². The van der Waals surface area contributed by atoms with Crippen LogP contribution in [0.1, 0.15) is 13.3 Å². The Labute approximate surface area is 147 Å². The second-order valence-corrected chi connectivity index (χ2v) is 6.19. The third kappa shape index (κ3) is 2.78. The molecule has 25 heavy (non-hydrogen) atoms. The summed E-state index contributed by atoms with van der Waals surface area (Å²) in [7, 11) is 0. The lowest BCUT2D eigenvalue weighted by Crippen LogP contribution is -2.00. The van der Waals surface area contributed by atoms with Crippen LogP contribution in [0, 0.1) is 0 Å². The molecule has 0 unspecified atom stereocenters. The molecule has 0 aliphatic heterocycles. The van der Waals surface area contributed by atoms with Crippen molar-refractivity contribution in [2.45, 2.75) is 19.9 Å². The van der Waals surface area contributed by atoms with Gasteiger partial charge >= 0.3 is 0 Å². The van der Waals surface area contributed by atoms with E-state index in [4.69, 9.17) is 5.10 Å². The van der Waals surface area contributed by atoms with Crippen molar-refractivity contribution in [2.24, 2.45) is 0 Å². The first-order chi connectivity index (χ1) is 12.3. The molecule has 0 aliphatic rings. The summed E-state index contributed by atoms with van der Waals surface area (Å²) in [4.78, 5) is 0. The maximum Gasteiger partial charge on any atom is 0.115 e. The second-order valence-electron chi connectivity index (χ2n) is 6.19. The van der Waals surface area contributed by atoms with Gasteiger partial charge in [0.15, 0.2) is 0 Å². The van der Waals surface area contributed by atoms with Crippen LogP contribution in [0.4, 0.5) is 0 Å². The van der Waals surface area contributed by atoms with Crippen LogP contribution in [-0.4, -0.2) is 14.9 Å². The number of aromatic nitrogens is 2. The van der Waals surface area contributed by atoms with E-state index in [1.54, 1.807) is 12.1 Å². The van der Waals surface area contributed by atoms with E-state index in [1.165, 1.54) is 16.6 Å². The van der Waals surface area contributed by atoms with Crippen LogP contribution in [0.2, 0.25) is 0 Å². The minimum Gasteiger partial charge on any atom is -0.508 e. The highest BCUT2D eigenvalue weighted by molar-refractivity contribution is 6.01. The summed E-state index contributed by atoms with van der Waals surface area (Å²) < 4.78 is 2.11. The molecule has 0 atom stereocenters. The van der Waals surface area contributed by atoms with E-state index < -0.39 is 0 Å². The Morgan fingerprint density at radius 3 is 2.32 bits per heavy atom. The molecule has 0 spiro atoms. The van der Waals surface area contributed by atoms with Gasteiger partial charge in [-0.25, -0.2) is 0 Å². The van der Waals surface area contributed by atoms with Crippen LogP contribution in [0.15, 0.2) is 72.8 Å². The van der Waals surface area contributed by atoms with Crippen molar-refractivity contribution < 1.29 is 5.11 Å². The van der Waals surface area contributed by atoms with Crippen LogP contribution in [0.3, 0.4) is 0 Å². The Bertz CT molecular complexity index is 1000. The molecule has 0 bridgehead atoms. The first-order valence-electron chi connectivity index (χ1n) is 8.62. The molecule has 1 heterocycles. The highest BCUT2D eigenvalue weighted by Gasteiger charge is 2.16. The van der Waals surface area contributed by atoms with Gasteiger partial charge in [-0.15, -0.1) is 0 Å². The van der Waals surface area contributed by atoms with Crippen LogP contribution in [0.5, 0.6) is 5.75 Å². The number of rotatable bonds is 4. The van der Waals surface area contributed by atoms with Crippen LogP contribution in [-0.2, 0) is 6.54 Å². The fourth-order valence-corrected chi connectivity index (χ4v) is 3.29. The molecule has 0 saturated heterocycles. The van der Waals surface area contributed by atoms with Crippen molar-refractivity contribution >= 4 is 10.9 Å². The van der Waals surface area contributed by atoms with Crippen molar-refractivity contribution in [3.8, 4) is 28.1 Å². The summed E-state index contributed by atoms with van der Waals surface area (Å²) in [6.45, 7) is 3.04. The Morgan fingerprint density at radius 1 is 0.840 bits per heavy atom. The Balaban J connectivity index is 1.99. The fourth-order valence-electron chi connectivity index (χ4n) is 3.29. The minimum atomic E-state index is 0.269. The van der Waals surface area contributed by atoms with Crippen LogP contribution >= 0.6 is 0 Å². The molecule has 0 amide bonds. The molecule has 3 aromatic carbocycles. The molecule has 0 radical (unpaired) electrons. The number of aryl methyl sites for hydroxylation is 1. The maximum absolute atomic E-state index is 9.57. The van der Waals surface area contributed by atoms with E-state index in [1.807, 2.05) is 18.2 Å². The molecule has 4 aromatic rings. The SMILES string of the molecule is CCCn1nc(-c2ccc(O)cc2)c2cccc(-c3ccccc3)c21. The minimum absolute atomic E-state index is 0.269. The third-order valence-corrected chi connectivity index (χ3v) is 4.43. The molecule has 0 fully saturated rings. The lowest BCUT2D eigenvalue weighted by atomic mass is 10.0. The molecule has 0 aliphatic carbocycles. The molecule has 4 rings (SSSR count). The smallest absolute Gasteiger partial charge is 0.115 e. The molecule has 1 aromatic heterocycles. The van der Waals surface area contributed by atoms with Gasteiger partial charge in [0.1, 0.15) is 11.4 Å². The number of aromatic hydroxyl groups is 1. The van der Waals surface area contributed by atoms with Crippen molar-refractivity contribution in [3.05, 3.63) is 72.8 Å². The van der Waals surface area contributed by atoms with E-state index >= 15 is 0 Å². The standard InChI is InChI=1S/C22H20N2O/c1-2-15-24-22-19(16-7-4-3-5-8-16)9-6-10-20(22)21(23-24)17-11-13-18(25)14-12-17/h3-14,25H,2,15H2,1H3. The quantitative estimate of drug-likeness (QED) is 0.538. The summed E-state index contributed by atoms with van der Waals surface area (Å²) in [6, 6.07) is 24.1. The fraction of sp³-hybridized carbons (Fsp3) is 0.136. The number of nitrogens with zero attached hydrogens (tertiary/aromatic N) is 2. The van der Waals surface area contributed by atoms with Gasteiger partial charge < -0.3 is 5.11 Å². The largest absolute Gasteiger partial charge is 0.508 e. The third-order valence-electron chi connectivity index (χ3n) is 4.43. The number of hydrogen-bond acceptors (Lipinski definition) is 2. The predicted octanol–water partition coefficient (Wildman–Crippen LogP) is 5.49. The molecular formula is C22H20N2O. The summed E-state index contributed by atoms with van der Waals surface area (Å²) >= 11 is 0. The van der Waals surface area contributed by atoms with Gasteiger partial charge in [0.25, 0.3) is 0 Å². The van der Waals surface area contributed by atoms with E-state index in [0.29, 0.717) is 0 Å². The van der Waals surface area contributed by atoms with E-state index in [9.17, 15) is 5.11 Å². The average molecular weight is 328 g/mol. The van der Waals surface area contributed by atoms with Crippen molar-refractivity contribution in [3.63, 3.8) is 0 Å². The summed E-state index contributed by atoms with van der Waals surface area (Å²) in [5, 5.41) is 15.6. The summed E-state index contributed by atoms with van der Waals surface area (Å²) in [6.07, 6.45) is 1.02. The van der Waals surface area contributed by atoms with Gasteiger partial charge in [0, 0.05) is 23.1 Å². The van der Waals surface area contributed by atoms with Crippen molar-refractivity contribution in [1.29, 1.82) is 0 Å². The second kappa shape index (κ2) is 6.44. The highest BCUT2D eigenvalue weighted by atomic mass is 16.3. The maximum atomic E-state index is 9.57. The molecule has 3 heteroatoms. The number of phenolic OH excluding ortho intramolecular Hbond substituents is 1. The lowest BCUT2D eigenvalue weighted by Gasteiger charge is -2.07. The van der Waals surface area contributed by atoms with Gasteiger partial charge in [0.2, 0.25) is 0 Å². The first kappa shape index (κ1) is 15.5. The summed E-state index contributed by atoms with van der Waals surface area (Å²) in [5.74, 6) is 0.269. The first-order valence-corrected chi connectivity index (χ1v) is 8.62. The highest BCUT2D eigenvalue weighted by Crippen LogP contribution is 2.35. The average Bonchev–Trinajstić information content (AvgIpc) is 3.02. The number of fused-ring (bicyclic) bond motifs is 1. The van der Waals surface area contributed by atoms with Crippen molar-refractivity contribution in [1.82, 2.24) is 9.78 Å². The Morgan fingerprint density at radius 2 is 1.60 bits per heavy atom. The van der Waals surface area contributed by atoms with Gasteiger partial charge in [-0.3, -0.25) is 4.68 Å². The molecule has 0 saturated carbocycles. The monoisotopic (exact) mass is 328 g/mol. The van der Waals surface area contributed by atoms with Gasteiger partial charge in [0.05, 0.1) is 5.52 Å². The zero-order chi connectivity index (χ0) is 17.2. The summed E-state index contributed by atoms with van der Waals surface area (Å²) in [5.41, 5.74) is 5.54. The molecule has 1 N–H and O–H groups in total.